The Morgan fingerprint density at radius 3 is 2.18 bits per heavy atom. The first kappa shape index (κ1) is 9.01. The molecule has 1 atom stereocenters. The average molecular weight is 156 g/mol. The molecule has 1 unspecified atom stereocenters. The van der Waals surface area contributed by atoms with Crippen LogP contribution in [-0.4, -0.2) is 12.6 Å². The molecule has 11 heavy (non-hydrogen) atoms. The Bertz CT molecular complexity index is 128. The first-order chi connectivity index (χ1) is 5.10. The first-order valence-corrected chi connectivity index (χ1v) is 4.56. The summed E-state index contributed by atoms with van der Waals surface area (Å²) in [6, 6.07) is 0.340. The van der Waals surface area contributed by atoms with Crippen LogP contribution in [0.2, 0.25) is 0 Å². The minimum atomic E-state index is 0.338. The third-order valence-electron chi connectivity index (χ3n) is 2.81. The molecule has 2 heteroatoms. The number of rotatable bonds is 4. The predicted octanol–water partition coefficient (Wildman–Crippen LogP) is 1.10. The van der Waals surface area contributed by atoms with E-state index in [1.54, 1.807) is 0 Å². The Kier molecular flexibility index (Phi) is 2.55. The summed E-state index contributed by atoms with van der Waals surface area (Å²) in [5.41, 5.74) is 12.0. The second-order valence-corrected chi connectivity index (χ2v) is 4.30. The molecule has 1 aliphatic rings. The predicted molar refractivity (Wildman–Crippen MR) is 48.2 cm³/mol. The van der Waals surface area contributed by atoms with Gasteiger partial charge in [0.15, 0.2) is 0 Å². The summed E-state index contributed by atoms with van der Waals surface area (Å²) in [5, 5.41) is 0. The standard InChI is InChI=1S/C9H20N2/c1-7(2)5-8(11)9(6-10)3-4-9/h7-8H,3-6,10-11H2,1-2H3. The molecular weight excluding hydrogens is 136 g/mol. The van der Waals surface area contributed by atoms with E-state index in [-0.39, 0.29) is 0 Å². The van der Waals surface area contributed by atoms with Crippen LogP contribution in [0.4, 0.5) is 0 Å². The van der Waals surface area contributed by atoms with Crippen molar-refractivity contribution in [3.63, 3.8) is 0 Å². The van der Waals surface area contributed by atoms with Gasteiger partial charge in [-0.15, -0.1) is 0 Å². The van der Waals surface area contributed by atoms with Crippen LogP contribution in [-0.2, 0) is 0 Å². The van der Waals surface area contributed by atoms with E-state index in [1.165, 1.54) is 12.8 Å². The molecule has 0 saturated heterocycles. The van der Waals surface area contributed by atoms with Gasteiger partial charge in [0, 0.05) is 6.04 Å². The molecule has 0 amide bonds. The normalized spacial score (nSPS) is 23.7. The fourth-order valence-corrected chi connectivity index (χ4v) is 1.64. The van der Waals surface area contributed by atoms with Crippen molar-refractivity contribution in [2.24, 2.45) is 22.8 Å². The molecule has 1 saturated carbocycles. The summed E-state index contributed by atoms with van der Waals surface area (Å²) in [6.07, 6.45) is 3.62. The van der Waals surface area contributed by atoms with Gasteiger partial charge in [-0.1, -0.05) is 13.8 Å². The Morgan fingerprint density at radius 1 is 1.36 bits per heavy atom. The molecule has 0 aromatic rings. The van der Waals surface area contributed by atoms with Gasteiger partial charge in [-0.25, -0.2) is 0 Å². The second-order valence-electron chi connectivity index (χ2n) is 4.30. The summed E-state index contributed by atoms with van der Waals surface area (Å²) in [4.78, 5) is 0. The van der Waals surface area contributed by atoms with Crippen molar-refractivity contribution in [1.29, 1.82) is 0 Å². The maximum absolute atomic E-state index is 6.05. The summed E-state index contributed by atoms with van der Waals surface area (Å²) in [6.45, 7) is 5.21. The van der Waals surface area contributed by atoms with Gasteiger partial charge in [-0.2, -0.15) is 0 Å². The van der Waals surface area contributed by atoms with Crippen molar-refractivity contribution in [2.75, 3.05) is 6.54 Å². The second kappa shape index (κ2) is 3.11. The van der Waals surface area contributed by atoms with E-state index >= 15 is 0 Å². The Labute approximate surface area is 69.3 Å². The highest BCUT2D eigenvalue weighted by Gasteiger charge is 2.46. The minimum Gasteiger partial charge on any atom is -0.330 e. The van der Waals surface area contributed by atoms with Crippen LogP contribution in [0.5, 0.6) is 0 Å². The molecule has 1 rings (SSSR count). The van der Waals surface area contributed by atoms with Crippen LogP contribution in [0, 0.1) is 11.3 Å². The molecule has 0 radical (unpaired) electrons. The van der Waals surface area contributed by atoms with Crippen molar-refractivity contribution in [3.8, 4) is 0 Å². The maximum Gasteiger partial charge on any atom is 0.0110 e. The van der Waals surface area contributed by atoms with E-state index in [4.69, 9.17) is 11.5 Å². The molecule has 0 bridgehead atoms. The fourth-order valence-electron chi connectivity index (χ4n) is 1.64. The van der Waals surface area contributed by atoms with Gasteiger partial charge in [0.1, 0.15) is 0 Å². The van der Waals surface area contributed by atoms with E-state index in [9.17, 15) is 0 Å². The van der Waals surface area contributed by atoms with E-state index in [2.05, 4.69) is 13.8 Å². The third kappa shape index (κ3) is 1.94. The van der Waals surface area contributed by atoms with Gasteiger partial charge in [-0.3, -0.25) is 0 Å². The molecule has 1 aliphatic carbocycles. The van der Waals surface area contributed by atoms with Crippen molar-refractivity contribution in [1.82, 2.24) is 0 Å². The lowest BCUT2D eigenvalue weighted by atomic mass is 9.90. The van der Waals surface area contributed by atoms with E-state index in [0.717, 1.165) is 13.0 Å². The number of hydrogen-bond acceptors (Lipinski definition) is 2. The van der Waals surface area contributed by atoms with Gasteiger partial charge >= 0.3 is 0 Å². The van der Waals surface area contributed by atoms with Crippen LogP contribution in [0.1, 0.15) is 33.1 Å². The quantitative estimate of drug-likeness (QED) is 0.640. The zero-order chi connectivity index (χ0) is 8.48. The minimum absolute atomic E-state index is 0.338. The van der Waals surface area contributed by atoms with Crippen molar-refractivity contribution >= 4 is 0 Å². The van der Waals surface area contributed by atoms with Crippen LogP contribution in [0.15, 0.2) is 0 Å². The lowest BCUT2D eigenvalue weighted by Gasteiger charge is -2.22. The Balaban J connectivity index is 2.34. The smallest absolute Gasteiger partial charge is 0.0110 e. The highest BCUT2D eigenvalue weighted by molar-refractivity contribution is 5.01. The van der Waals surface area contributed by atoms with Gasteiger partial charge < -0.3 is 11.5 Å². The maximum atomic E-state index is 6.05. The lowest BCUT2D eigenvalue weighted by molar-refractivity contribution is 0.349. The molecular formula is C9H20N2. The zero-order valence-electron chi connectivity index (χ0n) is 7.64. The van der Waals surface area contributed by atoms with Crippen LogP contribution in [0.3, 0.4) is 0 Å². The van der Waals surface area contributed by atoms with Crippen molar-refractivity contribution in [2.45, 2.75) is 39.2 Å². The molecule has 2 nitrogen and oxygen atoms in total. The summed E-state index contributed by atoms with van der Waals surface area (Å²) >= 11 is 0. The molecule has 0 aromatic heterocycles. The van der Waals surface area contributed by atoms with E-state index < -0.39 is 0 Å². The Morgan fingerprint density at radius 2 is 1.91 bits per heavy atom. The molecule has 66 valence electrons. The third-order valence-corrected chi connectivity index (χ3v) is 2.81. The van der Waals surface area contributed by atoms with Crippen molar-refractivity contribution < 1.29 is 0 Å². The molecule has 0 aliphatic heterocycles. The SMILES string of the molecule is CC(C)CC(N)C1(CN)CC1. The molecule has 0 aromatic carbocycles. The van der Waals surface area contributed by atoms with E-state index in [0.29, 0.717) is 17.4 Å². The zero-order valence-corrected chi connectivity index (χ0v) is 7.64. The topological polar surface area (TPSA) is 52.0 Å². The van der Waals surface area contributed by atoms with E-state index in [1.807, 2.05) is 0 Å². The molecule has 4 N–H and O–H groups in total. The summed E-state index contributed by atoms with van der Waals surface area (Å²) < 4.78 is 0. The van der Waals surface area contributed by atoms with Gasteiger partial charge in [0.25, 0.3) is 0 Å². The highest BCUT2D eigenvalue weighted by Crippen LogP contribution is 2.48. The number of hydrogen-bond donors (Lipinski definition) is 2. The van der Waals surface area contributed by atoms with Gasteiger partial charge in [0.2, 0.25) is 0 Å². The van der Waals surface area contributed by atoms with Crippen LogP contribution < -0.4 is 11.5 Å². The highest BCUT2D eigenvalue weighted by atomic mass is 14.8. The monoisotopic (exact) mass is 156 g/mol. The largest absolute Gasteiger partial charge is 0.330 e. The molecule has 0 spiro atoms. The number of nitrogens with two attached hydrogens (primary N) is 2. The molecule has 0 heterocycles. The average Bonchev–Trinajstić information content (AvgIpc) is 2.65. The van der Waals surface area contributed by atoms with Gasteiger partial charge in [-0.05, 0) is 37.1 Å². The van der Waals surface area contributed by atoms with Crippen molar-refractivity contribution in [3.05, 3.63) is 0 Å². The summed E-state index contributed by atoms with van der Waals surface area (Å²) in [7, 11) is 0. The first-order valence-electron chi connectivity index (χ1n) is 4.56. The summed E-state index contributed by atoms with van der Waals surface area (Å²) in [5.74, 6) is 0.703. The lowest BCUT2D eigenvalue weighted by Crippen LogP contribution is -2.37. The van der Waals surface area contributed by atoms with Crippen LogP contribution >= 0.6 is 0 Å². The van der Waals surface area contributed by atoms with Crippen LogP contribution in [0.25, 0.3) is 0 Å². The van der Waals surface area contributed by atoms with Gasteiger partial charge in [0.05, 0.1) is 0 Å². The molecule has 1 fully saturated rings. The fraction of sp³-hybridized carbons (Fsp3) is 1.00. The Hall–Kier alpha value is -0.0800.